The second kappa shape index (κ2) is 9.65. The number of nitrogens with one attached hydrogen (secondary N) is 2. The topological polar surface area (TPSA) is 102 Å². The average Bonchev–Trinajstić information content (AvgIpc) is 3.10. The van der Waals surface area contributed by atoms with Crippen LogP contribution in [0.3, 0.4) is 0 Å². The predicted molar refractivity (Wildman–Crippen MR) is 107 cm³/mol. The van der Waals surface area contributed by atoms with E-state index in [0.29, 0.717) is 24.1 Å². The summed E-state index contributed by atoms with van der Waals surface area (Å²) in [5.41, 5.74) is 1.98. The van der Waals surface area contributed by atoms with Gasteiger partial charge in [0.1, 0.15) is 0 Å². The van der Waals surface area contributed by atoms with Crippen molar-refractivity contribution < 1.29 is 9.59 Å². The van der Waals surface area contributed by atoms with Gasteiger partial charge in [-0.15, -0.1) is 10.2 Å². The zero-order valence-electron chi connectivity index (χ0n) is 15.3. The number of imide groups is 1. The highest BCUT2D eigenvalue weighted by Crippen LogP contribution is 2.24. The molecular weight excluding hydrogens is 376 g/mol. The van der Waals surface area contributed by atoms with Crippen LogP contribution in [0.1, 0.15) is 12.5 Å². The zero-order valence-corrected chi connectivity index (χ0v) is 16.1. The van der Waals surface area contributed by atoms with Crippen LogP contribution in [0.25, 0.3) is 11.4 Å². The van der Waals surface area contributed by atoms with E-state index in [-0.39, 0.29) is 5.75 Å². The van der Waals surface area contributed by atoms with Crippen molar-refractivity contribution in [1.82, 2.24) is 30.4 Å². The molecule has 0 spiro atoms. The molecule has 0 bridgehead atoms. The number of urea groups is 1. The Balaban J connectivity index is 1.79. The molecule has 0 atom stereocenters. The number of aromatic nitrogens is 4. The van der Waals surface area contributed by atoms with Gasteiger partial charge in [0.25, 0.3) is 0 Å². The van der Waals surface area contributed by atoms with E-state index in [4.69, 9.17) is 0 Å². The standard InChI is InChI=1S/C19H20N6O2S/c1-2-21-18(27)22-16(26)13-28-19-24-23-17(15-8-10-20-11-9-15)25(19)12-14-6-4-3-5-7-14/h3-11H,2,12-13H2,1H3,(H2,21,22,26,27). The summed E-state index contributed by atoms with van der Waals surface area (Å²) in [7, 11) is 0. The quantitative estimate of drug-likeness (QED) is 0.595. The first-order valence-electron chi connectivity index (χ1n) is 8.75. The Morgan fingerprint density at radius 1 is 1.07 bits per heavy atom. The highest BCUT2D eigenvalue weighted by atomic mass is 32.2. The van der Waals surface area contributed by atoms with E-state index in [1.165, 1.54) is 11.8 Å². The van der Waals surface area contributed by atoms with E-state index in [9.17, 15) is 9.59 Å². The van der Waals surface area contributed by atoms with Crippen molar-refractivity contribution >= 4 is 23.7 Å². The van der Waals surface area contributed by atoms with Gasteiger partial charge in [-0.1, -0.05) is 42.1 Å². The molecule has 8 nitrogen and oxygen atoms in total. The fourth-order valence-electron chi connectivity index (χ4n) is 2.52. The lowest BCUT2D eigenvalue weighted by molar-refractivity contribution is -0.117. The zero-order chi connectivity index (χ0) is 19.8. The van der Waals surface area contributed by atoms with Gasteiger partial charge in [0, 0.05) is 24.5 Å². The minimum atomic E-state index is -0.503. The van der Waals surface area contributed by atoms with Crippen LogP contribution >= 0.6 is 11.8 Å². The highest BCUT2D eigenvalue weighted by Gasteiger charge is 2.16. The molecule has 28 heavy (non-hydrogen) atoms. The third-order valence-electron chi connectivity index (χ3n) is 3.76. The third-order valence-corrected chi connectivity index (χ3v) is 4.73. The number of nitrogens with zero attached hydrogens (tertiary/aromatic N) is 4. The van der Waals surface area contributed by atoms with Crippen molar-refractivity contribution in [2.75, 3.05) is 12.3 Å². The number of pyridine rings is 1. The predicted octanol–water partition coefficient (Wildman–Crippen LogP) is 2.33. The largest absolute Gasteiger partial charge is 0.338 e. The van der Waals surface area contributed by atoms with E-state index < -0.39 is 11.9 Å². The van der Waals surface area contributed by atoms with Crippen molar-refractivity contribution in [2.45, 2.75) is 18.6 Å². The summed E-state index contributed by atoms with van der Waals surface area (Å²) >= 11 is 1.23. The molecule has 3 amide bonds. The van der Waals surface area contributed by atoms with Gasteiger partial charge in [-0.25, -0.2) is 4.79 Å². The van der Waals surface area contributed by atoms with Crippen LogP contribution in [0.5, 0.6) is 0 Å². The second-order valence-electron chi connectivity index (χ2n) is 5.81. The molecule has 0 aliphatic rings. The maximum absolute atomic E-state index is 12.0. The number of hydrogen-bond acceptors (Lipinski definition) is 6. The minimum absolute atomic E-state index is 0.0560. The van der Waals surface area contributed by atoms with Crippen LogP contribution in [0.4, 0.5) is 4.79 Å². The van der Waals surface area contributed by atoms with Crippen LogP contribution in [0.2, 0.25) is 0 Å². The molecule has 2 heterocycles. The van der Waals surface area contributed by atoms with Gasteiger partial charge in [-0.3, -0.25) is 19.7 Å². The number of rotatable bonds is 7. The molecule has 2 aromatic heterocycles. The number of carbonyl (C=O) groups is 2. The monoisotopic (exact) mass is 396 g/mol. The summed E-state index contributed by atoms with van der Waals surface area (Å²) in [6, 6.07) is 13.2. The number of amides is 3. The number of thioether (sulfide) groups is 1. The Morgan fingerprint density at radius 3 is 2.54 bits per heavy atom. The Morgan fingerprint density at radius 2 is 1.82 bits per heavy atom. The summed E-state index contributed by atoms with van der Waals surface area (Å²) in [5.74, 6) is 0.356. The molecule has 1 aromatic carbocycles. The van der Waals surface area contributed by atoms with Gasteiger partial charge in [0.2, 0.25) is 5.91 Å². The maximum atomic E-state index is 12.0. The van der Waals surface area contributed by atoms with Crippen molar-refractivity contribution in [3.05, 3.63) is 60.4 Å². The van der Waals surface area contributed by atoms with Crippen LogP contribution in [-0.4, -0.2) is 44.0 Å². The first kappa shape index (κ1) is 19.6. The molecule has 2 N–H and O–H groups in total. The van der Waals surface area contributed by atoms with E-state index in [1.54, 1.807) is 19.3 Å². The van der Waals surface area contributed by atoms with Crippen LogP contribution < -0.4 is 10.6 Å². The van der Waals surface area contributed by atoms with Crippen molar-refractivity contribution in [3.8, 4) is 11.4 Å². The Bertz CT molecular complexity index is 930. The Hall–Kier alpha value is -3.20. The first-order chi connectivity index (χ1) is 13.7. The van der Waals surface area contributed by atoms with Gasteiger partial charge < -0.3 is 5.32 Å². The number of carbonyl (C=O) groups excluding carboxylic acids is 2. The molecule has 3 rings (SSSR count). The van der Waals surface area contributed by atoms with Crippen LogP contribution in [-0.2, 0) is 11.3 Å². The fourth-order valence-corrected chi connectivity index (χ4v) is 3.25. The third kappa shape index (κ3) is 5.17. The lowest BCUT2D eigenvalue weighted by atomic mass is 10.2. The lowest BCUT2D eigenvalue weighted by Gasteiger charge is -2.10. The molecule has 3 aromatic rings. The maximum Gasteiger partial charge on any atom is 0.321 e. The molecule has 0 unspecified atom stereocenters. The Kier molecular flexibility index (Phi) is 6.74. The molecule has 9 heteroatoms. The molecule has 0 saturated heterocycles. The molecule has 0 radical (unpaired) electrons. The molecule has 0 aliphatic carbocycles. The summed E-state index contributed by atoms with van der Waals surface area (Å²) in [4.78, 5) is 27.5. The first-order valence-corrected chi connectivity index (χ1v) is 9.74. The highest BCUT2D eigenvalue weighted by molar-refractivity contribution is 7.99. The van der Waals surface area contributed by atoms with Gasteiger partial charge in [-0.05, 0) is 24.6 Å². The fraction of sp³-hybridized carbons (Fsp3) is 0.211. The minimum Gasteiger partial charge on any atom is -0.338 e. The lowest BCUT2D eigenvalue weighted by Crippen LogP contribution is -2.40. The number of benzene rings is 1. The summed E-state index contributed by atoms with van der Waals surface area (Å²) in [5, 5.41) is 14.0. The van der Waals surface area contributed by atoms with Crippen LogP contribution in [0.15, 0.2) is 60.0 Å². The SMILES string of the molecule is CCNC(=O)NC(=O)CSc1nnc(-c2ccncc2)n1Cc1ccccc1. The van der Waals surface area contributed by atoms with Crippen LogP contribution in [0, 0.1) is 0 Å². The molecule has 0 fully saturated rings. The normalized spacial score (nSPS) is 10.5. The smallest absolute Gasteiger partial charge is 0.321 e. The van der Waals surface area contributed by atoms with Gasteiger partial charge in [-0.2, -0.15) is 0 Å². The van der Waals surface area contributed by atoms with Crippen molar-refractivity contribution in [2.24, 2.45) is 0 Å². The van der Waals surface area contributed by atoms with Crippen molar-refractivity contribution in [1.29, 1.82) is 0 Å². The molecule has 0 aliphatic heterocycles. The second-order valence-corrected chi connectivity index (χ2v) is 6.75. The van der Waals surface area contributed by atoms with E-state index >= 15 is 0 Å². The van der Waals surface area contributed by atoms with Gasteiger partial charge >= 0.3 is 6.03 Å². The Labute approximate surface area is 166 Å². The molecule has 0 saturated carbocycles. The van der Waals surface area contributed by atoms with E-state index in [2.05, 4.69) is 25.8 Å². The average molecular weight is 396 g/mol. The van der Waals surface area contributed by atoms with Crippen molar-refractivity contribution in [3.63, 3.8) is 0 Å². The number of hydrogen-bond donors (Lipinski definition) is 2. The molecule has 144 valence electrons. The van der Waals surface area contributed by atoms with Gasteiger partial charge in [0.05, 0.1) is 12.3 Å². The summed E-state index contributed by atoms with van der Waals surface area (Å²) in [6.45, 7) is 2.80. The summed E-state index contributed by atoms with van der Waals surface area (Å²) in [6.07, 6.45) is 3.40. The molecular formula is C19H20N6O2S. The van der Waals surface area contributed by atoms with Gasteiger partial charge in [0.15, 0.2) is 11.0 Å². The van der Waals surface area contributed by atoms with E-state index in [1.807, 2.05) is 47.0 Å². The summed E-state index contributed by atoms with van der Waals surface area (Å²) < 4.78 is 1.95. The van der Waals surface area contributed by atoms with E-state index in [0.717, 1.165) is 11.1 Å².